The summed E-state index contributed by atoms with van der Waals surface area (Å²) in [7, 11) is 1.75. The molecule has 1 aliphatic rings. The summed E-state index contributed by atoms with van der Waals surface area (Å²) in [5.74, 6) is 1.01. The molecule has 0 N–H and O–H groups in total. The van der Waals surface area contributed by atoms with E-state index in [0.29, 0.717) is 0 Å². The Hall–Kier alpha value is -1.96. The highest BCUT2D eigenvalue weighted by Gasteiger charge is 2.16. The van der Waals surface area contributed by atoms with Gasteiger partial charge in [0.2, 0.25) is 0 Å². The Morgan fingerprint density at radius 1 is 0.950 bits per heavy atom. The molecule has 0 aromatic heterocycles. The molecular weight excluding hydrogens is 246 g/mol. The van der Waals surface area contributed by atoms with Gasteiger partial charge in [-0.3, -0.25) is 0 Å². The monoisotopic (exact) mass is 267 g/mol. The zero-order chi connectivity index (χ0) is 13.9. The maximum atomic E-state index is 5.45. The van der Waals surface area contributed by atoms with Crippen molar-refractivity contribution in [2.45, 2.75) is 19.8 Å². The van der Waals surface area contributed by atoms with Gasteiger partial charge in [0.05, 0.1) is 7.11 Å². The van der Waals surface area contributed by atoms with Crippen LogP contribution in [0.3, 0.4) is 0 Å². The van der Waals surface area contributed by atoms with Crippen LogP contribution in [0.15, 0.2) is 42.5 Å². The van der Waals surface area contributed by atoms with Crippen LogP contribution in [0.5, 0.6) is 5.75 Å². The highest BCUT2D eigenvalue weighted by Crippen LogP contribution is 2.27. The summed E-state index contributed by atoms with van der Waals surface area (Å²) in [6, 6.07) is 15.2. The first-order valence-electron chi connectivity index (χ1n) is 7.24. The van der Waals surface area contributed by atoms with Gasteiger partial charge in [-0.1, -0.05) is 24.3 Å². The number of anilines is 1. The van der Waals surface area contributed by atoms with Crippen LogP contribution in [0.2, 0.25) is 0 Å². The van der Waals surface area contributed by atoms with E-state index in [4.69, 9.17) is 4.74 Å². The van der Waals surface area contributed by atoms with Crippen molar-refractivity contribution in [3.63, 3.8) is 0 Å². The Labute approximate surface area is 121 Å². The first-order valence-corrected chi connectivity index (χ1v) is 7.24. The van der Waals surface area contributed by atoms with Crippen molar-refractivity contribution in [2.75, 3.05) is 25.1 Å². The fourth-order valence-corrected chi connectivity index (χ4v) is 2.99. The molecule has 0 saturated carbocycles. The second kappa shape index (κ2) is 5.58. The Kier molecular flexibility index (Phi) is 3.64. The minimum atomic E-state index is 1.01. The molecule has 2 heteroatoms. The smallest absolute Gasteiger partial charge is 0.122 e. The van der Waals surface area contributed by atoms with Gasteiger partial charge < -0.3 is 9.64 Å². The molecule has 0 spiro atoms. The van der Waals surface area contributed by atoms with Crippen molar-refractivity contribution in [1.82, 2.24) is 0 Å². The van der Waals surface area contributed by atoms with Crippen molar-refractivity contribution in [3.8, 4) is 5.75 Å². The molecule has 104 valence electrons. The molecule has 2 nitrogen and oxygen atoms in total. The highest BCUT2D eigenvalue weighted by atomic mass is 16.5. The van der Waals surface area contributed by atoms with Crippen LogP contribution in [0, 0.1) is 6.92 Å². The zero-order valence-electron chi connectivity index (χ0n) is 12.2. The number of fused-ring (bicyclic) bond motifs is 1. The molecule has 0 atom stereocenters. The second-order valence-corrected chi connectivity index (χ2v) is 5.41. The molecule has 20 heavy (non-hydrogen) atoms. The van der Waals surface area contributed by atoms with Crippen molar-refractivity contribution >= 4 is 5.69 Å². The van der Waals surface area contributed by atoms with E-state index < -0.39 is 0 Å². The molecule has 0 aliphatic carbocycles. The third-order valence-electron chi connectivity index (χ3n) is 4.14. The average molecular weight is 267 g/mol. The number of ether oxygens (including phenoxy) is 1. The number of para-hydroxylation sites is 1. The molecule has 3 rings (SSSR count). The molecule has 2 aromatic rings. The summed E-state index contributed by atoms with van der Waals surface area (Å²) in [6.07, 6.45) is 2.19. The van der Waals surface area contributed by atoms with E-state index in [0.717, 1.165) is 31.7 Å². The fourth-order valence-electron chi connectivity index (χ4n) is 2.99. The second-order valence-electron chi connectivity index (χ2n) is 5.41. The lowest BCUT2D eigenvalue weighted by atomic mass is 10.00. The van der Waals surface area contributed by atoms with Gasteiger partial charge in [-0.05, 0) is 54.7 Å². The molecule has 1 aliphatic heterocycles. The maximum Gasteiger partial charge on any atom is 0.122 e. The first kappa shape index (κ1) is 13.0. The predicted molar refractivity (Wildman–Crippen MR) is 83.8 cm³/mol. The Balaban J connectivity index is 1.85. The standard InChI is InChI=1S/C18H21NO/c1-14-12-15-8-10-19(17-6-4-3-5-7-17)11-9-16(15)13-18(14)20-2/h3-7,12-13H,8-11H2,1-2H3. The summed E-state index contributed by atoms with van der Waals surface area (Å²) in [5, 5.41) is 0. The van der Waals surface area contributed by atoms with Crippen LogP contribution >= 0.6 is 0 Å². The van der Waals surface area contributed by atoms with E-state index in [1.54, 1.807) is 7.11 Å². The highest BCUT2D eigenvalue weighted by molar-refractivity contribution is 5.49. The number of methoxy groups -OCH3 is 1. The first-order chi connectivity index (χ1) is 9.78. The number of rotatable bonds is 2. The Morgan fingerprint density at radius 3 is 2.25 bits per heavy atom. The van der Waals surface area contributed by atoms with Crippen LogP contribution in [-0.2, 0) is 12.8 Å². The summed E-state index contributed by atoms with van der Waals surface area (Å²) in [5.41, 5.74) is 5.47. The van der Waals surface area contributed by atoms with Gasteiger partial charge in [0.15, 0.2) is 0 Å². The van der Waals surface area contributed by atoms with E-state index in [1.165, 1.54) is 22.4 Å². The summed E-state index contributed by atoms with van der Waals surface area (Å²) in [4.78, 5) is 2.47. The van der Waals surface area contributed by atoms with Gasteiger partial charge in [0.1, 0.15) is 5.75 Å². The normalized spacial score (nSPS) is 14.6. The van der Waals surface area contributed by atoms with Crippen LogP contribution in [-0.4, -0.2) is 20.2 Å². The quantitative estimate of drug-likeness (QED) is 0.824. The molecule has 0 fully saturated rings. The minimum absolute atomic E-state index is 1.01. The van der Waals surface area contributed by atoms with E-state index in [1.807, 2.05) is 0 Å². The lowest BCUT2D eigenvalue weighted by Gasteiger charge is -2.22. The molecule has 0 saturated heterocycles. The molecule has 2 aromatic carbocycles. The van der Waals surface area contributed by atoms with Crippen molar-refractivity contribution in [2.24, 2.45) is 0 Å². The summed E-state index contributed by atoms with van der Waals surface area (Å²) < 4.78 is 5.45. The van der Waals surface area contributed by atoms with Crippen LogP contribution in [0.25, 0.3) is 0 Å². The maximum absolute atomic E-state index is 5.45. The Bertz CT molecular complexity index is 592. The lowest BCUT2D eigenvalue weighted by molar-refractivity contribution is 0.411. The SMILES string of the molecule is COc1cc2c(cc1C)CCN(c1ccccc1)CC2. The van der Waals surface area contributed by atoms with E-state index in [2.05, 4.69) is 54.3 Å². The largest absolute Gasteiger partial charge is 0.496 e. The molecule has 0 unspecified atom stereocenters. The average Bonchev–Trinajstić information content (AvgIpc) is 2.69. The third kappa shape index (κ3) is 2.51. The molecular formula is C18H21NO. The number of benzene rings is 2. The fraction of sp³-hybridized carbons (Fsp3) is 0.333. The van der Waals surface area contributed by atoms with Gasteiger partial charge in [0, 0.05) is 18.8 Å². The lowest BCUT2D eigenvalue weighted by Crippen LogP contribution is -2.25. The van der Waals surface area contributed by atoms with Gasteiger partial charge in [0.25, 0.3) is 0 Å². The number of hydrogen-bond acceptors (Lipinski definition) is 2. The van der Waals surface area contributed by atoms with E-state index in [-0.39, 0.29) is 0 Å². The van der Waals surface area contributed by atoms with Crippen LogP contribution in [0.1, 0.15) is 16.7 Å². The third-order valence-corrected chi connectivity index (χ3v) is 4.14. The summed E-state index contributed by atoms with van der Waals surface area (Å²) >= 11 is 0. The number of hydrogen-bond donors (Lipinski definition) is 0. The predicted octanol–water partition coefficient (Wildman–Crippen LogP) is 3.61. The number of aryl methyl sites for hydroxylation is 1. The summed E-state index contributed by atoms with van der Waals surface area (Å²) in [6.45, 7) is 4.28. The van der Waals surface area contributed by atoms with Gasteiger partial charge in [-0.15, -0.1) is 0 Å². The zero-order valence-corrected chi connectivity index (χ0v) is 12.2. The van der Waals surface area contributed by atoms with E-state index in [9.17, 15) is 0 Å². The topological polar surface area (TPSA) is 12.5 Å². The van der Waals surface area contributed by atoms with Gasteiger partial charge >= 0.3 is 0 Å². The van der Waals surface area contributed by atoms with Gasteiger partial charge in [-0.25, -0.2) is 0 Å². The number of nitrogens with zero attached hydrogens (tertiary/aromatic N) is 1. The van der Waals surface area contributed by atoms with Gasteiger partial charge in [-0.2, -0.15) is 0 Å². The molecule has 0 amide bonds. The van der Waals surface area contributed by atoms with Crippen molar-refractivity contribution in [1.29, 1.82) is 0 Å². The molecule has 1 heterocycles. The van der Waals surface area contributed by atoms with Crippen LogP contribution < -0.4 is 9.64 Å². The molecule has 0 radical (unpaired) electrons. The van der Waals surface area contributed by atoms with E-state index >= 15 is 0 Å². The van der Waals surface area contributed by atoms with Crippen LogP contribution in [0.4, 0.5) is 5.69 Å². The van der Waals surface area contributed by atoms with Crippen molar-refractivity contribution < 1.29 is 4.74 Å². The minimum Gasteiger partial charge on any atom is -0.496 e. The van der Waals surface area contributed by atoms with Crippen molar-refractivity contribution in [3.05, 3.63) is 59.2 Å². The Morgan fingerprint density at radius 2 is 1.60 bits per heavy atom. The molecule has 0 bridgehead atoms.